The molecule has 0 unspecified atom stereocenters. The first-order valence-electron chi connectivity index (χ1n) is 22.2. The predicted molar refractivity (Wildman–Crippen MR) is 268 cm³/mol. The summed E-state index contributed by atoms with van der Waals surface area (Å²) in [4.78, 5) is 9.34. The van der Waals surface area contributed by atoms with Gasteiger partial charge in [-0.1, -0.05) is 127 Å². The van der Waals surface area contributed by atoms with Crippen LogP contribution in [-0.4, -0.2) is 19.1 Å². The standard InChI is InChI=1S/C60H36F3N5/c61-60(62,63)51-20-10-7-17-45(51)48-36-59(68-55-22-12-9-19-47(55)50-32-41(24-26-57(50)68)43-28-30-66-53(34-43)39-15-5-2-6-16-39)58(35-44(48)37-64)67-54-21-11-8-18-46(54)49-31-40(23-25-56(49)67)42-27-29-65-52(33-42)38-13-3-1-4-14-38/h1-36H. The second-order valence-electron chi connectivity index (χ2n) is 16.8. The second kappa shape index (κ2) is 16.1. The van der Waals surface area contributed by atoms with Crippen LogP contribution in [0, 0.1) is 11.3 Å². The van der Waals surface area contributed by atoms with Crippen LogP contribution in [-0.2, 0) is 6.18 Å². The SMILES string of the molecule is N#Cc1cc(-n2c3ccccc3c3cc(-c4ccnc(-c5ccccc5)c4)ccc32)c(-n2c3ccccc3c3cc(-c4ccnc(-c5ccccc5)c4)ccc32)cc1-c1ccccc1C(F)(F)F. The van der Waals surface area contributed by atoms with Gasteiger partial charge in [-0.2, -0.15) is 18.4 Å². The summed E-state index contributed by atoms with van der Waals surface area (Å²) < 4.78 is 48.9. The first-order valence-corrected chi connectivity index (χ1v) is 22.2. The average molecular weight is 884 g/mol. The summed E-state index contributed by atoms with van der Waals surface area (Å²) in [6, 6.07) is 68.5. The maximum Gasteiger partial charge on any atom is 0.417 e. The number of rotatable bonds is 7. The molecule has 12 rings (SSSR count). The molecule has 0 aliphatic heterocycles. The van der Waals surface area contributed by atoms with E-state index in [1.54, 1.807) is 18.2 Å². The van der Waals surface area contributed by atoms with Gasteiger partial charge >= 0.3 is 6.18 Å². The lowest BCUT2D eigenvalue weighted by Gasteiger charge is -2.21. The van der Waals surface area contributed by atoms with E-state index in [9.17, 15) is 18.4 Å². The van der Waals surface area contributed by atoms with E-state index < -0.39 is 11.7 Å². The Morgan fingerprint density at radius 3 is 1.34 bits per heavy atom. The lowest BCUT2D eigenvalue weighted by molar-refractivity contribution is -0.137. The minimum absolute atomic E-state index is 0.0709. The molecule has 0 atom stereocenters. The van der Waals surface area contributed by atoms with Crippen LogP contribution in [0.2, 0.25) is 0 Å². The van der Waals surface area contributed by atoms with Crippen molar-refractivity contribution in [1.29, 1.82) is 5.26 Å². The number of alkyl halides is 3. The van der Waals surface area contributed by atoms with Crippen LogP contribution < -0.4 is 0 Å². The third-order valence-corrected chi connectivity index (χ3v) is 12.9. The Kier molecular flexibility index (Phi) is 9.59. The Labute approximate surface area is 388 Å². The first-order chi connectivity index (χ1) is 33.3. The molecule has 4 aromatic heterocycles. The maximum atomic E-state index is 14.9. The number of nitrogens with zero attached hydrogens (tertiary/aromatic N) is 5. The van der Waals surface area contributed by atoms with Gasteiger partial charge in [0.1, 0.15) is 0 Å². The summed E-state index contributed by atoms with van der Waals surface area (Å²) in [6.45, 7) is 0. The molecule has 12 aromatic rings. The van der Waals surface area contributed by atoms with Crippen molar-refractivity contribution >= 4 is 43.6 Å². The van der Waals surface area contributed by atoms with Gasteiger partial charge in [0, 0.05) is 50.6 Å². The highest BCUT2D eigenvalue weighted by Crippen LogP contribution is 2.45. The Morgan fingerprint density at radius 1 is 0.382 bits per heavy atom. The van der Waals surface area contributed by atoms with Crippen LogP contribution in [0.25, 0.3) is 111 Å². The molecule has 8 heteroatoms. The molecule has 5 nitrogen and oxygen atoms in total. The second-order valence-corrected chi connectivity index (χ2v) is 16.8. The Morgan fingerprint density at radius 2 is 0.824 bits per heavy atom. The number of benzene rings is 8. The molecule has 0 amide bonds. The number of hydrogen-bond donors (Lipinski definition) is 0. The minimum atomic E-state index is -4.67. The van der Waals surface area contributed by atoms with Gasteiger partial charge in [0.05, 0.1) is 62.0 Å². The van der Waals surface area contributed by atoms with Crippen molar-refractivity contribution in [3.05, 3.63) is 230 Å². The summed E-state index contributed by atoms with van der Waals surface area (Å²) in [7, 11) is 0. The first kappa shape index (κ1) is 40.4. The third-order valence-electron chi connectivity index (χ3n) is 12.9. The summed E-state index contributed by atoms with van der Waals surface area (Å²) in [5.41, 5.74) is 11.9. The smallest absolute Gasteiger partial charge is 0.307 e. The molecular formula is C60H36F3N5. The van der Waals surface area contributed by atoms with Crippen molar-refractivity contribution < 1.29 is 13.2 Å². The monoisotopic (exact) mass is 883 g/mol. The molecule has 322 valence electrons. The Bertz CT molecular complexity index is 3970. The number of para-hydroxylation sites is 2. The van der Waals surface area contributed by atoms with E-state index in [0.717, 1.165) is 94.4 Å². The van der Waals surface area contributed by atoms with Gasteiger partial charge in [-0.3, -0.25) is 9.97 Å². The van der Waals surface area contributed by atoms with Crippen molar-refractivity contribution in [1.82, 2.24) is 19.1 Å². The van der Waals surface area contributed by atoms with Crippen LogP contribution in [0.1, 0.15) is 11.1 Å². The van der Waals surface area contributed by atoms with E-state index in [0.29, 0.717) is 11.4 Å². The summed E-state index contributed by atoms with van der Waals surface area (Å²) in [6.07, 6.45) is -1.02. The predicted octanol–water partition coefficient (Wildman–Crippen LogP) is 15.9. The molecule has 0 saturated heterocycles. The fraction of sp³-hybridized carbons (Fsp3) is 0.0167. The Balaban J connectivity index is 1.12. The van der Waals surface area contributed by atoms with Gasteiger partial charge in [-0.25, -0.2) is 0 Å². The number of fused-ring (bicyclic) bond motifs is 6. The van der Waals surface area contributed by atoms with E-state index >= 15 is 0 Å². The van der Waals surface area contributed by atoms with Gasteiger partial charge in [-0.05, 0) is 107 Å². The highest BCUT2D eigenvalue weighted by Gasteiger charge is 2.34. The molecule has 0 bridgehead atoms. The van der Waals surface area contributed by atoms with Crippen LogP contribution >= 0.6 is 0 Å². The number of hydrogen-bond acceptors (Lipinski definition) is 3. The van der Waals surface area contributed by atoms with Crippen LogP contribution in [0.3, 0.4) is 0 Å². The molecule has 0 fully saturated rings. The lowest BCUT2D eigenvalue weighted by atomic mass is 9.94. The minimum Gasteiger partial charge on any atom is -0.307 e. The number of aromatic nitrogens is 4. The van der Waals surface area contributed by atoms with Gasteiger partial charge in [0.15, 0.2) is 0 Å². The molecule has 68 heavy (non-hydrogen) atoms. The molecule has 0 aliphatic rings. The van der Waals surface area contributed by atoms with Crippen molar-refractivity contribution in [3.63, 3.8) is 0 Å². The number of halogens is 3. The summed E-state index contributed by atoms with van der Waals surface area (Å²) in [5.74, 6) is 0. The van der Waals surface area contributed by atoms with Gasteiger partial charge < -0.3 is 9.13 Å². The molecule has 0 N–H and O–H groups in total. The van der Waals surface area contributed by atoms with Crippen LogP contribution in [0.4, 0.5) is 13.2 Å². The lowest BCUT2D eigenvalue weighted by Crippen LogP contribution is -2.09. The van der Waals surface area contributed by atoms with E-state index in [1.165, 1.54) is 12.1 Å². The molecule has 0 saturated carbocycles. The zero-order chi connectivity index (χ0) is 45.9. The largest absolute Gasteiger partial charge is 0.417 e. The fourth-order valence-corrected chi connectivity index (χ4v) is 9.79. The van der Waals surface area contributed by atoms with Gasteiger partial charge in [-0.15, -0.1) is 0 Å². The quantitative estimate of drug-likeness (QED) is 0.160. The van der Waals surface area contributed by atoms with E-state index in [1.807, 2.05) is 122 Å². The van der Waals surface area contributed by atoms with E-state index in [2.05, 4.69) is 85.8 Å². The van der Waals surface area contributed by atoms with Crippen molar-refractivity contribution in [3.8, 4) is 73.3 Å². The third kappa shape index (κ3) is 6.79. The summed E-state index contributed by atoms with van der Waals surface area (Å²) in [5, 5.41) is 14.8. The Hall–Kier alpha value is -9.06. The number of nitriles is 1. The molecule has 4 heterocycles. The fourth-order valence-electron chi connectivity index (χ4n) is 9.79. The molecule has 8 aromatic carbocycles. The molecule has 0 aliphatic carbocycles. The molecule has 0 spiro atoms. The van der Waals surface area contributed by atoms with Crippen LogP contribution in [0.5, 0.6) is 0 Å². The van der Waals surface area contributed by atoms with Gasteiger partial charge in [0.2, 0.25) is 0 Å². The molecular weight excluding hydrogens is 848 g/mol. The summed E-state index contributed by atoms with van der Waals surface area (Å²) >= 11 is 0. The number of pyridine rings is 2. The van der Waals surface area contributed by atoms with Crippen molar-refractivity contribution in [2.24, 2.45) is 0 Å². The average Bonchev–Trinajstić information content (AvgIpc) is 3.90. The zero-order valence-electron chi connectivity index (χ0n) is 36.2. The van der Waals surface area contributed by atoms with E-state index in [-0.39, 0.29) is 16.7 Å². The van der Waals surface area contributed by atoms with Gasteiger partial charge in [0.25, 0.3) is 0 Å². The van der Waals surface area contributed by atoms with Crippen LogP contribution in [0.15, 0.2) is 219 Å². The van der Waals surface area contributed by atoms with E-state index in [4.69, 9.17) is 0 Å². The topological polar surface area (TPSA) is 59.4 Å². The highest BCUT2D eigenvalue weighted by atomic mass is 19.4. The van der Waals surface area contributed by atoms with Crippen molar-refractivity contribution in [2.45, 2.75) is 6.18 Å². The van der Waals surface area contributed by atoms with Crippen molar-refractivity contribution in [2.75, 3.05) is 0 Å². The molecule has 0 radical (unpaired) electrons. The maximum absolute atomic E-state index is 14.9. The normalized spacial score (nSPS) is 11.7. The highest BCUT2D eigenvalue weighted by molar-refractivity contribution is 6.13. The zero-order valence-corrected chi connectivity index (χ0v) is 36.2.